The van der Waals surface area contributed by atoms with Crippen LogP contribution in [0.2, 0.25) is 5.02 Å². The van der Waals surface area contributed by atoms with Crippen LogP contribution >= 0.6 is 11.6 Å². The molecule has 0 aliphatic heterocycles. The van der Waals surface area contributed by atoms with Crippen molar-refractivity contribution in [3.63, 3.8) is 0 Å². The van der Waals surface area contributed by atoms with Gasteiger partial charge in [0.1, 0.15) is 5.69 Å². The summed E-state index contributed by atoms with van der Waals surface area (Å²) in [7, 11) is 1.69. The van der Waals surface area contributed by atoms with Crippen molar-refractivity contribution in [3.8, 4) is 11.5 Å². The molecule has 0 fully saturated rings. The third-order valence-electron chi connectivity index (χ3n) is 4.52. The molecule has 3 aromatic heterocycles. The van der Waals surface area contributed by atoms with Gasteiger partial charge in [-0.2, -0.15) is 18.3 Å². The first-order valence-corrected chi connectivity index (χ1v) is 9.09. The first kappa shape index (κ1) is 20.0. The standard InChI is InChI=1S/C20H14ClF3N4O2/c1-10-17-12(9-15(16-4-3-7-30-16)26-18(17)28(2)27-10)19(29)25-11-5-6-14(21)13(8-11)20(22,23)24/h3-9H,1-2H3,(H,25,29). The minimum Gasteiger partial charge on any atom is -0.463 e. The quantitative estimate of drug-likeness (QED) is 0.464. The van der Waals surface area contributed by atoms with Crippen molar-refractivity contribution in [2.45, 2.75) is 13.1 Å². The molecule has 154 valence electrons. The second-order valence-corrected chi connectivity index (χ2v) is 6.99. The molecular weight excluding hydrogens is 421 g/mol. The lowest BCUT2D eigenvalue weighted by molar-refractivity contribution is -0.137. The Morgan fingerprint density at radius 1 is 1.23 bits per heavy atom. The highest BCUT2D eigenvalue weighted by molar-refractivity contribution is 6.31. The predicted molar refractivity (Wildman–Crippen MR) is 105 cm³/mol. The van der Waals surface area contributed by atoms with Crippen molar-refractivity contribution in [2.75, 3.05) is 5.32 Å². The molecule has 4 aromatic rings. The number of rotatable bonds is 3. The number of amides is 1. The van der Waals surface area contributed by atoms with Crippen LogP contribution < -0.4 is 5.32 Å². The van der Waals surface area contributed by atoms with E-state index in [9.17, 15) is 18.0 Å². The number of halogens is 4. The Bertz CT molecular complexity index is 1260. The maximum Gasteiger partial charge on any atom is 0.417 e. The second-order valence-electron chi connectivity index (χ2n) is 6.59. The van der Waals surface area contributed by atoms with Gasteiger partial charge in [0.15, 0.2) is 11.4 Å². The molecule has 0 aliphatic rings. The van der Waals surface area contributed by atoms with Crippen LogP contribution in [0.1, 0.15) is 21.6 Å². The van der Waals surface area contributed by atoms with Crippen molar-refractivity contribution < 1.29 is 22.4 Å². The highest BCUT2D eigenvalue weighted by atomic mass is 35.5. The van der Waals surface area contributed by atoms with E-state index in [1.807, 2.05) is 0 Å². The highest BCUT2D eigenvalue weighted by Gasteiger charge is 2.33. The normalized spacial score (nSPS) is 11.8. The summed E-state index contributed by atoms with van der Waals surface area (Å²) in [6.45, 7) is 1.72. The number of alkyl halides is 3. The van der Waals surface area contributed by atoms with Gasteiger partial charge in [-0.25, -0.2) is 4.98 Å². The number of aromatic nitrogens is 3. The molecule has 0 saturated heterocycles. The molecule has 10 heteroatoms. The zero-order chi connectivity index (χ0) is 21.6. The van der Waals surface area contributed by atoms with E-state index in [0.29, 0.717) is 28.2 Å². The van der Waals surface area contributed by atoms with Crippen molar-refractivity contribution in [1.29, 1.82) is 0 Å². The summed E-state index contributed by atoms with van der Waals surface area (Å²) in [6.07, 6.45) is -3.17. The van der Waals surface area contributed by atoms with Crippen LogP contribution in [0.15, 0.2) is 47.1 Å². The zero-order valence-corrected chi connectivity index (χ0v) is 16.5. The summed E-state index contributed by atoms with van der Waals surface area (Å²) in [6, 6.07) is 8.08. The molecule has 1 aromatic carbocycles. The Labute approximate surface area is 173 Å². The molecule has 0 aliphatic carbocycles. The molecule has 30 heavy (non-hydrogen) atoms. The molecule has 0 spiro atoms. The van der Waals surface area contributed by atoms with Gasteiger partial charge >= 0.3 is 6.18 Å². The van der Waals surface area contributed by atoms with E-state index in [1.165, 1.54) is 23.1 Å². The monoisotopic (exact) mass is 434 g/mol. The Hall–Kier alpha value is -3.33. The van der Waals surface area contributed by atoms with E-state index in [0.717, 1.165) is 12.1 Å². The van der Waals surface area contributed by atoms with Crippen molar-refractivity contribution in [2.24, 2.45) is 7.05 Å². The fourth-order valence-corrected chi connectivity index (χ4v) is 3.42. The highest BCUT2D eigenvalue weighted by Crippen LogP contribution is 2.36. The van der Waals surface area contributed by atoms with Gasteiger partial charge in [0.05, 0.1) is 33.5 Å². The van der Waals surface area contributed by atoms with E-state index in [-0.39, 0.29) is 11.3 Å². The van der Waals surface area contributed by atoms with Crippen LogP contribution in [0.25, 0.3) is 22.5 Å². The van der Waals surface area contributed by atoms with E-state index in [2.05, 4.69) is 15.4 Å². The smallest absolute Gasteiger partial charge is 0.417 e. The van der Waals surface area contributed by atoms with Gasteiger partial charge in [-0.3, -0.25) is 9.48 Å². The molecule has 0 saturated carbocycles. The summed E-state index contributed by atoms with van der Waals surface area (Å²) in [5.74, 6) is -0.169. The number of carbonyl (C=O) groups excluding carboxylic acids is 1. The number of benzene rings is 1. The number of aryl methyl sites for hydroxylation is 2. The third-order valence-corrected chi connectivity index (χ3v) is 4.85. The molecule has 0 unspecified atom stereocenters. The Morgan fingerprint density at radius 3 is 2.67 bits per heavy atom. The fourth-order valence-electron chi connectivity index (χ4n) is 3.19. The second kappa shape index (κ2) is 7.17. The minimum absolute atomic E-state index is 0.0391. The van der Waals surface area contributed by atoms with Crippen LogP contribution in [-0.4, -0.2) is 20.7 Å². The number of anilines is 1. The van der Waals surface area contributed by atoms with Crippen molar-refractivity contribution in [1.82, 2.24) is 14.8 Å². The van der Waals surface area contributed by atoms with E-state index in [1.54, 1.807) is 26.1 Å². The lowest BCUT2D eigenvalue weighted by Crippen LogP contribution is -2.14. The number of carbonyl (C=O) groups is 1. The number of nitrogens with one attached hydrogen (secondary N) is 1. The minimum atomic E-state index is -4.64. The van der Waals surface area contributed by atoms with Gasteiger partial charge in [-0.15, -0.1) is 0 Å². The lowest BCUT2D eigenvalue weighted by atomic mass is 10.1. The molecule has 3 heterocycles. The summed E-state index contributed by atoms with van der Waals surface area (Å²) in [4.78, 5) is 17.5. The summed E-state index contributed by atoms with van der Waals surface area (Å²) in [5, 5.41) is 6.85. The molecule has 0 bridgehead atoms. The lowest BCUT2D eigenvalue weighted by Gasteiger charge is -2.12. The molecule has 1 N–H and O–H groups in total. The molecule has 4 rings (SSSR count). The summed E-state index contributed by atoms with van der Waals surface area (Å²) in [5.41, 5.74) is 0.536. The Morgan fingerprint density at radius 2 is 2.00 bits per heavy atom. The van der Waals surface area contributed by atoms with Gasteiger partial charge in [0.25, 0.3) is 5.91 Å². The average molecular weight is 435 g/mol. The van der Waals surface area contributed by atoms with E-state index in [4.69, 9.17) is 16.0 Å². The van der Waals surface area contributed by atoms with Gasteiger partial charge < -0.3 is 9.73 Å². The van der Waals surface area contributed by atoms with Crippen LogP contribution in [0.4, 0.5) is 18.9 Å². The third kappa shape index (κ3) is 3.52. The van der Waals surface area contributed by atoms with Crippen LogP contribution in [-0.2, 0) is 13.2 Å². The number of hydrogen-bond acceptors (Lipinski definition) is 4. The molecule has 0 radical (unpaired) electrons. The number of pyridine rings is 1. The molecule has 6 nitrogen and oxygen atoms in total. The number of hydrogen-bond donors (Lipinski definition) is 1. The van der Waals surface area contributed by atoms with Gasteiger partial charge in [0.2, 0.25) is 0 Å². The fraction of sp³-hybridized carbons (Fsp3) is 0.150. The average Bonchev–Trinajstić information content (AvgIpc) is 3.30. The largest absolute Gasteiger partial charge is 0.463 e. The number of furan rings is 1. The zero-order valence-electron chi connectivity index (χ0n) is 15.7. The Kier molecular flexibility index (Phi) is 4.77. The molecule has 1 amide bonds. The SMILES string of the molecule is Cc1nn(C)c2nc(-c3ccco3)cc(C(=O)Nc3ccc(Cl)c(C(F)(F)F)c3)c12. The van der Waals surface area contributed by atoms with Gasteiger partial charge in [-0.05, 0) is 43.3 Å². The first-order valence-electron chi connectivity index (χ1n) is 8.71. The topological polar surface area (TPSA) is 73.0 Å². The Balaban J connectivity index is 1.80. The summed E-state index contributed by atoms with van der Waals surface area (Å²) < 4.78 is 46.3. The van der Waals surface area contributed by atoms with Crippen LogP contribution in [0.3, 0.4) is 0 Å². The summed E-state index contributed by atoms with van der Waals surface area (Å²) >= 11 is 5.65. The van der Waals surface area contributed by atoms with Crippen molar-refractivity contribution >= 4 is 34.2 Å². The van der Waals surface area contributed by atoms with Gasteiger partial charge in [-0.1, -0.05) is 11.6 Å². The first-order chi connectivity index (χ1) is 14.1. The predicted octanol–water partition coefficient (Wildman–Crippen LogP) is 5.46. The maximum atomic E-state index is 13.1. The van der Waals surface area contributed by atoms with Crippen LogP contribution in [0, 0.1) is 6.92 Å². The maximum absolute atomic E-state index is 13.1. The van der Waals surface area contributed by atoms with Crippen LogP contribution in [0.5, 0.6) is 0 Å². The van der Waals surface area contributed by atoms with Gasteiger partial charge in [0, 0.05) is 12.7 Å². The molecule has 0 atom stereocenters. The number of nitrogens with zero attached hydrogens (tertiary/aromatic N) is 3. The van der Waals surface area contributed by atoms with E-state index < -0.39 is 22.7 Å². The van der Waals surface area contributed by atoms with E-state index >= 15 is 0 Å². The molecular formula is C20H14ClF3N4O2. The number of fused-ring (bicyclic) bond motifs is 1. The van der Waals surface area contributed by atoms with Crippen molar-refractivity contribution in [3.05, 3.63) is 64.5 Å².